The molecular formula is C70H70N4O. The zero-order chi connectivity index (χ0) is 52.6. The lowest BCUT2D eigenvalue weighted by Gasteiger charge is -2.30. The Kier molecular flexibility index (Phi) is 12.2. The zero-order valence-corrected chi connectivity index (χ0v) is 45.9. The van der Waals surface area contributed by atoms with Crippen molar-refractivity contribution in [1.29, 1.82) is 0 Å². The highest BCUT2D eigenvalue weighted by atomic mass is 16.5. The SMILES string of the molecule is Cc1cc2c(cc1C)N(c1cc(Oc3ccc4c5cc(C(C)(C)c6ccccc6)ccc5n(-c5cc(C(C)(C)C)ccn5)c4c3)cc(C(C)(C)c3ccccc3)c1)CN2c1cc(-c2ccccc2)cc(C(C)(C)C)c1. The number of benzene rings is 8. The Hall–Kier alpha value is -7.89. The molecule has 1 aliphatic rings. The van der Waals surface area contributed by atoms with Gasteiger partial charge in [0.1, 0.15) is 24.0 Å². The van der Waals surface area contributed by atoms with Crippen LogP contribution in [-0.2, 0) is 21.7 Å². The van der Waals surface area contributed by atoms with E-state index < -0.39 is 0 Å². The fourth-order valence-corrected chi connectivity index (χ4v) is 11.0. The topological polar surface area (TPSA) is 33.5 Å². The molecule has 0 aliphatic carbocycles. The fourth-order valence-electron chi connectivity index (χ4n) is 11.0. The maximum Gasteiger partial charge on any atom is 0.137 e. The molecule has 2 aromatic heterocycles. The summed E-state index contributed by atoms with van der Waals surface area (Å²) < 4.78 is 9.57. The fraction of sp³-hybridized carbons (Fsp3) is 0.243. The third-order valence-electron chi connectivity index (χ3n) is 16.1. The lowest BCUT2D eigenvalue weighted by molar-refractivity contribution is 0.480. The van der Waals surface area contributed by atoms with Crippen LogP contribution in [0.1, 0.15) is 114 Å². The highest BCUT2D eigenvalue weighted by Gasteiger charge is 2.33. The van der Waals surface area contributed by atoms with E-state index in [2.05, 4.69) is 286 Å². The second kappa shape index (κ2) is 18.5. The third kappa shape index (κ3) is 9.17. The van der Waals surface area contributed by atoms with Gasteiger partial charge >= 0.3 is 0 Å². The Morgan fingerprint density at radius 2 is 0.973 bits per heavy atom. The predicted octanol–water partition coefficient (Wildman–Crippen LogP) is 18.7. The molecule has 0 saturated heterocycles. The molecule has 1 aliphatic heterocycles. The monoisotopic (exact) mass is 983 g/mol. The second-order valence-corrected chi connectivity index (χ2v) is 24.0. The molecule has 3 heterocycles. The molecule has 8 aromatic carbocycles. The van der Waals surface area contributed by atoms with E-state index in [0.29, 0.717) is 6.67 Å². The van der Waals surface area contributed by atoms with Gasteiger partial charge in [0.15, 0.2) is 0 Å². The maximum absolute atomic E-state index is 7.25. The van der Waals surface area contributed by atoms with Gasteiger partial charge in [0.05, 0.1) is 22.4 Å². The van der Waals surface area contributed by atoms with Crippen molar-refractivity contribution in [3.05, 3.63) is 239 Å². The van der Waals surface area contributed by atoms with Gasteiger partial charge in [0.2, 0.25) is 0 Å². The van der Waals surface area contributed by atoms with E-state index in [1.165, 1.54) is 72.5 Å². The minimum Gasteiger partial charge on any atom is -0.457 e. The summed E-state index contributed by atoms with van der Waals surface area (Å²) in [6.07, 6.45) is 1.95. The molecule has 0 saturated carbocycles. The molecule has 0 spiro atoms. The summed E-state index contributed by atoms with van der Waals surface area (Å²) in [6, 6.07) is 69.1. The number of aryl methyl sites for hydroxylation is 2. The molecule has 11 rings (SSSR count). The van der Waals surface area contributed by atoms with Gasteiger partial charge in [-0.1, -0.05) is 172 Å². The average molecular weight is 983 g/mol. The standard InChI is InChI=1S/C70H70N4O/c1-46-34-64-65(35-47(46)2)73(45-72(64)56-37-49(48-22-16-13-17-23-48)36-54(38-56)68(6,7)8)57-39-55(70(11,12)51-26-20-15-21-27-51)40-59(43-57)75-58-29-30-60-61-41-53(69(9,10)50-24-18-14-19-25-50)28-31-62(61)74(63(60)44-58)66-42-52(32-33-71-66)67(3,4)5/h13-44H,45H2,1-12H3. The quantitative estimate of drug-likeness (QED) is 0.137. The molecule has 376 valence electrons. The zero-order valence-electron chi connectivity index (χ0n) is 45.9. The van der Waals surface area contributed by atoms with Crippen LogP contribution < -0.4 is 14.5 Å². The van der Waals surface area contributed by atoms with Crippen molar-refractivity contribution in [3.8, 4) is 28.4 Å². The Balaban J connectivity index is 1.07. The van der Waals surface area contributed by atoms with E-state index in [4.69, 9.17) is 9.72 Å². The number of hydrogen-bond donors (Lipinski definition) is 0. The van der Waals surface area contributed by atoms with Gasteiger partial charge in [-0.25, -0.2) is 4.98 Å². The largest absolute Gasteiger partial charge is 0.457 e. The number of aromatic nitrogens is 2. The molecule has 0 fully saturated rings. The lowest BCUT2D eigenvalue weighted by atomic mass is 9.78. The highest BCUT2D eigenvalue weighted by Crippen LogP contribution is 2.49. The Labute approximate surface area is 445 Å². The number of hydrogen-bond acceptors (Lipinski definition) is 4. The van der Waals surface area contributed by atoms with Gasteiger partial charge < -0.3 is 14.5 Å². The minimum absolute atomic E-state index is 0.0544. The first-order valence-corrected chi connectivity index (χ1v) is 26.6. The number of pyridine rings is 1. The summed E-state index contributed by atoms with van der Waals surface area (Å²) in [4.78, 5) is 10.0. The maximum atomic E-state index is 7.25. The van der Waals surface area contributed by atoms with Gasteiger partial charge in [0.25, 0.3) is 0 Å². The Morgan fingerprint density at radius 1 is 0.400 bits per heavy atom. The van der Waals surface area contributed by atoms with E-state index >= 15 is 0 Å². The van der Waals surface area contributed by atoms with Gasteiger partial charge in [0, 0.05) is 51.3 Å². The molecule has 0 atom stereocenters. The van der Waals surface area contributed by atoms with Crippen LogP contribution in [0.3, 0.4) is 0 Å². The first kappa shape index (κ1) is 49.3. The Bertz CT molecular complexity index is 3760. The van der Waals surface area contributed by atoms with E-state index in [0.717, 1.165) is 45.0 Å². The number of rotatable bonds is 10. The molecule has 0 bridgehead atoms. The second-order valence-electron chi connectivity index (χ2n) is 24.0. The van der Waals surface area contributed by atoms with Crippen molar-refractivity contribution in [2.24, 2.45) is 0 Å². The van der Waals surface area contributed by atoms with Crippen molar-refractivity contribution in [1.82, 2.24) is 9.55 Å². The van der Waals surface area contributed by atoms with Crippen LogP contribution >= 0.6 is 0 Å². The molecule has 5 nitrogen and oxygen atoms in total. The summed E-state index contributed by atoms with van der Waals surface area (Å²) in [5.41, 5.74) is 18.5. The van der Waals surface area contributed by atoms with Crippen molar-refractivity contribution in [2.75, 3.05) is 16.5 Å². The smallest absolute Gasteiger partial charge is 0.137 e. The van der Waals surface area contributed by atoms with Crippen LogP contribution in [-0.4, -0.2) is 16.2 Å². The van der Waals surface area contributed by atoms with Crippen molar-refractivity contribution in [2.45, 2.75) is 105 Å². The number of fused-ring (bicyclic) bond motifs is 4. The van der Waals surface area contributed by atoms with Gasteiger partial charge in [-0.05, 0) is 153 Å². The number of anilines is 4. The summed E-state index contributed by atoms with van der Waals surface area (Å²) in [6.45, 7) is 28.1. The third-order valence-corrected chi connectivity index (χ3v) is 16.1. The van der Waals surface area contributed by atoms with E-state index in [9.17, 15) is 0 Å². The average Bonchev–Trinajstić information content (AvgIpc) is 3.94. The van der Waals surface area contributed by atoms with Crippen molar-refractivity contribution >= 4 is 44.6 Å². The predicted molar refractivity (Wildman–Crippen MR) is 317 cm³/mol. The number of nitrogens with zero attached hydrogens (tertiary/aromatic N) is 4. The summed E-state index contributed by atoms with van der Waals surface area (Å²) in [7, 11) is 0. The van der Waals surface area contributed by atoms with E-state index in [-0.39, 0.29) is 21.7 Å². The van der Waals surface area contributed by atoms with E-state index in [1.54, 1.807) is 0 Å². The van der Waals surface area contributed by atoms with Crippen LogP contribution in [0.25, 0.3) is 38.8 Å². The normalized spacial score (nSPS) is 13.2. The first-order chi connectivity index (χ1) is 35.7. The molecule has 5 heteroatoms. The van der Waals surface area contributed by atoms with Crippen molar-refractivity contribution in [3.63, 3.8) is 0 Å². The van der Waals surface area contributed by atoms with Crippen molar-refractivity contribution < 1.29 is 4.74 Å². The lowest BCUT2D eigenvalue weighted by Crippen LogP contribution is -2.25. The molecule has 10 aromatic rings. The number of ether oxygens (including phenoxy) is 1. The summed E-state index contributed by atoms with van der Waals surface area (Å²) in [5, 5.41) is 2.33. The molecule has 0 N–H and O–H groups in total. The summed E-state index contributed by atoms with van der Waals surface area (Å²) in [5.74, 6) is 2.42. The van der Waals surface area contributed by atoms with Gasteiger partial charge in [-0.15, -0.1) is 0 Å². The van der Waals surface area contributed by atoms with E-state index in [1.807, 2.05) is 6.20 Å². The molecule has 0 unspecified atom stereocenters. The van der Waals surface area contributed by atoms with Crippen LogP contribution in [0, 0.1) is 13.8 Å². The van der Waals surface area contributed by atoms with Crippen LogP contribution in [0.2, 0.25) is 0 Å². The molecule has 75 heavy (non-hydrogen) atoms. The molecule has 0 radical (unpaired) electrons. The van der Waals surface area contributed by atoms with Gasteiger partial charge in [-0.3, -0.25) is 4.57 Å². The molecule has 0 amide bonds. The van der Waals surface area contributed by atoms with Gasteiger partial charge in [-0.2, -0.15) is 0 Å². The minimum atomic E-state index is -0.349. The van der Waals surface area contributed by atoms with Crippen LogP contribution in [0.5, 0.6) is 11.5 Å². The van der Waals surface area contributed by atoms with Crippen LogP contribution in [0.4, 0.5) is 22.7 Å². The first-order valence-electron chi connectivity index (χ1n) is 26.6. The summed E-state index contributed by atoms with van der Waals surface area (Å²) >= 11 is 0. The highest BCUT2D eigenvalue weighted by molar-refractivity contribution is 6.10. The Morgan fingerprint density at radius 3 is 1.59 bits per heavy atom. The van der Waals surface area contributed by atoms with Crippen LogP contribution in [0.15, 0.2) is 194 Å². The molecular weight excluding hydrogens is 913 g/mol.